The molecule has 0 radical (unpaired) electrons. The molecule has 2 rings (SSSR count). The molecular formula is C13H8BrClFNO. The topological polar surface area (TPSA) is 30.0 Å². The first-order valence-corrected chi connectivity index (χ1v) is 6.32. The van der Waals surface area contributed by atoms with Crippen molar-refractivity contribution in [2.75, 3.05) is 0 Å². The monoisotopic (exact) mass is 327 g/mol. The second-order valence-corrected chi connectivity index (χ2v) is 5.05. The summed E-state index contributed by atoms with van der Waals surface area (Å²) in [5.74, 6) is -0.649. The first-order valence-electron chi connectivity index (χ1n) is 5.15. The molecule has 0 saturated carbocycles. The minimum Gasteiger partial charge on any atom is -0.292 e. The van der Waals surface area contributed by atoms with E-state index in [0.717, 1.165) is 4.47 Å². The van der Waals surface area contributed by atoms with Crippen molar-refractivity contribution in [1.82, 2.24) is 4.98 Å². The average Bonchev–Trinajstić information content (AvgIpc) is 2.34. The summed E-state index contributed by atoms with van der Waals surface area (Å²) in [4.78, 5) is 15.8. The highest BCUT2D eigenvalue weighted by molar-refractivity contribution is 9.10. The van der Waals surface area contributed by atoms with Crippen molar-refractivity contribution in [1.29, 1.82) is 0 Å². The summed E-state index contributed by atoms with van der Waals surface area (Å²) in [5.41, 5.74) is 0.616. The summed E-state index contributed by atoms with van der Waals surface area (Å²) in [6.45, 7) is 0. The van der Waals surface area contributed by atoms with Crippen LogP contribution in [0.15, 0.2) is 41.0 Å². The van der Waals surface area contributed by atoms with Gasteiger partial charge in [0.1, 0.15) is 11.5 Å². The number of hydrogen-bond acceptors (Lipinski definition) is 2. The summed E-state index contributed by atoms with van der Waals surface area (Å²) in [6.07, 6.45) is 1.37. The van der Waals surface area contributed by atoms with Crippen LogP contribution < -0.4 is 0 Å². The Hall–Kier alpha value is -1.26. The molecule has 0 fully saturated rings. The van der Waals surface area contributed by atoms with E-state index in [0.29, 0.717) is 10.6 Å². The number of benzene rings is 1. The van der Waals surface area contributed by atoms with E-state index in [1.807, 2.05) is 0 Å². The number of nitrogens with zero attached hydrogens (tertiary/aromatic N) is 1. The first-order chi connectivity index (χ1) is 8.56. The van der Waals surface area contributed by atoms with E-state index in [9.17, 15) is 9.18 Å². The lowest BCUT2D eigenvalue weighted by molar-refractivity contribution is 0.0987. The van der Waals surface area contributed by atoms with Crippen LogP contribution in [0.4, 0.5) is 4.39 Å². The molecule has 0 aliphatic heterocycles. The minimum absolute atomic E-state index is 0.0279. The van der Waals surface area contributed by atoms with Crippen LogP contribution in [0.1, 0.15) is 16.1 Å². The van der Waals surface area contributed by atoms with Crippen LogP contribution in [0.3, 0.4) is 0 Å². The summed E-state index contributed by atoms with van der Waals surface area (Å²) < 4.78 is 14.2. The smallest absolute Gasteiger partial charge is 0.185 e. The number of aromatic nitrogens is 1. The van der Waals surface area contributed by atoms with Gasteiger partial charge in [0.2, 0.25) is 0 Å². The zero-order valence-electron chi connectivity index (χ0n) is 9.16. The fraction of sp³-hybridized carbons (Fsp3) is 0.0769. The maximum atomic E-state index is 13.5. The summed E-state index contributed by atoms with van der Waals surface area (Å²) >= 11 is 8.92. The van der Waals surface area contributed by atoms with Crippen LogP contribution in [-0.4, -0.2) is 10.8 Å². The zero-order valence-corrected chi connectivity index (χ0v) is 11.5. The van der Waals surface area contributed by atoms with Gasteiger partial charge in [0.15, 0.2) is 5.78 Å². The number of Topliss-reactive ketones (excluding diaryl/α,β-unsaturated/α-hetero) is 1. The summed E-state index contributed by atoms with van der Waals surface area (Å²) in [6, 6.07) is 7.61. The largest absolute Gasteiger partial charge is 0.292 e. The average molecular weight is 329 g/mol. The van der Waals surface area contributed by atoms with Crippen molar-refractivity contribution in [3.63, 3.8) is 0 Å². The molecule has 1 heterocycles. The Morgan fingerprint density at radius 2 is 2.11 bits per heavy atom. The summed E-state index contributed by atoms with van der Waals surface area (Å²) in [5, 5.41) is 0.459. The van der Waals surface area contributed by atoms with E-state index in [2.05, 4.69) is 20.9 Å². The van der Waals surface area contributed by atoms with Gasteiger partial charge in [-0.25, -0.2) is 4.39 Å². The number of halogens is 3. The quantitative estimate of drug-likeness (QED) is 0.795. The van der Waals surface area contributed by atoms with Gasteiger partial charge >= 0.3 is 0 Å². The Morgan fingerprint density at radius 3 is 2.78 bits per heavy atom. The van der Waals surface area contributed by atoms with E-state index in [1.54, 1.807) is 18.2 Å². The van der Waals surface area contributed by atoms with Crippen molar-refractivity contribution in [2.24, 2.45) is 0 Å². The van der Waals surface area contributed by atoms with E-state index in [4.69, 9.17) is 11.6 Å². The molecule has 0 bridgehead atoms. The Kier molecular flexibility index (Phi) is 4.09. The number of carbonyl (C=O) groups is 1. The molecule has 0 atom stereocenters. The molecule has 2 nitrogen and oxygen atoms in total. The highest BCUT2D eigenvalue weighted by Gasteiger charge is 2.12. The number of rotatable bonds is 3. The number of hydrogen-bond donors (Lipinski definition) is 0. The highest BCUT2D eigenvalue weighted by atomic mass is 79.9. The third kappa shape index (κ3) is 3.15. The lowest BCUT2D eigenvalue weighted by Gasteiger charge is -2.03. The normalized spacial score (nSPS) is 10.4. The molecule has 1 aromatic heterocycles. The van der Waals surface area contributed by atoms with Crippen LogP contribution >= 0.6 is 27.5 Å². The van der Waals surface area contributed by atoms with Crippen LogP contribution in [0.5, 0.6) is 0 Å². The minimum atomic E-state index is -0.402. The van der Waals surface area contributed by atoms with Crippen molar-refractivity contribution in [2.45, 2.75) is 6.42 Å². The van der Waals surface area contributed by atoms with Crippen LogP contribution in [0.2, 0.25) is 5.02 Å². The highest BCUT2D eigenvalue weighted by Crippen LogP contribution is 2.17. The van der Waals surface area contributed by atoms with Crippen LogP contribution in [0, 0.1) is 5.82 Å². The van der Waals surface area contributed by atoms with Gasteiger partial charge in [-0.2, -0.15) is 0 Å². The lowest BCUT2D eigenvalue weighted by atomic mass is 10.1. The van der Waals surface area contributed by atoms with Gasteiger partial charge in [-0.1, -0.05) is 27.5 Å². The molecular weight excluding hydrogens is 321 g/mol. The number of carbonyl (C=O) groups excluding carboxylic acids is 1. The predicted molar refractivity (Wildman–Crippen MR) is 71.4 cm³/mol. The molecule has 0 N–H and O–H groups in total. The fourth-order valence-electron chi connectivity index (χ4n) is 1.48. The molecule has 0 aliphatic carbocycles. The van der Waals surface area contributed by atoms with E-state index in [1.165, 1.54) is 18.3 Å². The second-order valence-electron chi connectivity index (χ2n) is 3.70. The van der Waals surface area contributed by atoms with E-state index < -0.39 is 5.82 Å². The van der Waals surface area contributed by atoms with E-state index >= 15 is 0 Å². The van der Waals surface area contributed by atoms with Crippen LogP contribution in [0.25, 0.3) is 0 Å². The molecule has 0 spiro atoms. The lowest BCUT2D eigenvalue weighted by Crippen LogP contribution is -2.07. The van der Waals surface area contributed by atoms with E-state index in [-0.39, 0.29) is 17.9 Å². The second kappa shape index (κ2) is 5.59. The van der Waals surface area contributed by atoms with Gasteiger partial charge in [-0.15, -0.1) is 0 Å². The van der Waals surface area contributed by atoms with Gasteiger partial charge in [0.25, 0.3) is 0 Å². The maximum Gasteiger partial charge on any atom is 0.185 e. The van der Waals surface area contributed by atoms with Gasteiger partial charge in [0.05, 0.1) is 5.02 Å². The predicted octanol–water partition coefficient (Wildman–Crippen LogP) is 4.06. The fourth-order valence-corrected chi connectivity index (χ4v) is 2.00. The Morgan fingerprint density at radius 1 is 1.33 bits per heavy atom. The molecule has 0 unspecified atom stereocenters. The van der Waals surface area contributed by atoms with Gasteiger partial charge in [-0.3, -0.25) is 9.78 Å². The van der Waals surface area contributed by atoms with Crippen molar-refractivity contribution in [3.8, 4) is 0 Å². The first kappa shape index (κ1) is 13.2. The number of pyridine rings is 1. The molecule has 18 heavy (non-hydrogen) atoms. The molecule has 0 saturated heterocycles. The Labute approximate surface area is 117 Å². The van der Waals surface area contributed by atoms with Gasteiger partial charge in [-0.05, 0) is 35.9 Å². The standard InChI is InChI=1S/C13H8BrClFNO/c14-9-1-3-11(16)8(5-9)6-13(18)12-4-2-10(15)7-17-12/h1-5,7H,6H2. The molecule has 92 valence electrons. The molecule has 0 aliphatic rings. The van der Waals surface area contributed by atoms with Crippen molar-refractivity contribution in [3.05, 3.63) is 63.1 Å². The van der Waals surface area contributed by atoms with Gasteiger partial charge in [0, 0.05) is 17.1 Å². The Balaban J connectivity index is 2.21. The van der Waals surface area contributed by atoms with Gasteiger partial charge < -0.3 is 0 Å². The molecule has 2 aromatic rings. The summed E-state index contributed by atoms with van der Waals surface area (Å²) in [7, 11) is 0. The van der Waals surface area contributed by atoms with Crippen molar-refractivity contribution < 1.29 is 9.18 Å². The van der Waals surface area contributed by atoms with Crippen molar-refractivity contribution >= 4 is 33.3 Å². The molecule has 1 aromatic carbocycles. The van der Waals surface area contributed by atoms with Crippen LogP contribution in [-0.2, 0) is 6.42 Å². The number of ketones is 1. The third-order valence-corrected chi connectivity index (χ3v) is 3.09. The SMILES string of the molecule is O=C(Cc1cc(Br)ccc1F)c1ccc(Cl)cn1. The zero-order chi connectivity index (χ0) is 13.1. The Bertz CT molecular complexity index is 586. The molecule has 5 heteroatoms. The maximum absolute atomic E-state index is 13.5. The molecule has 0 amide bonds. The third-order valence-electron chi connectivity index (χ3n) is 2.37.